The fourth-order valence-electron chi connectivity index (χ4n) is 2.45. The highest BCUT2D eigenvalue weighted by molar-refractivity contribution is 5.65. The minimum absolute atomic E-state index is 0.389. The van der Waals surface area contributed by atoms with Crippen molar-refractivity contribution >= 4 is 0 Å². The molecule has 1 aliphatic heterocycles. The van der Waals surface area contributed by atoms with Crippen molar-refractivity contribution in [2.45, 2.75) is 39.7 Å². The van der Waals surface area contributed by atoms with E-state index in [4.69, 9.17) is 4.74 Å². The van der Waals surface area contributed by atoms with E-state index in [1.165, 1.54) is 28.9 Å². The first-order chi connectivity index (χ1) is 6.18. The van der Waals surface area contributed by atoms with E-state index in [0.29, 0.717) is 6.10 Å². The van der Waals surface area contributed by atoms with Crippen LogP contribution in [0.1, 0.15) is 34.7 Å². The zero-order valence-electron chi connectivity index (χ0n) is 8.40. The van der Waals surface area contributed by atoms with E-state index in [2.05, 4.69) is 20.8 Å². The number of hydrogen-bond donors (Lipinski definition) is 0. The van der Waals surface area contributed by atoms with E-state index in [0.717, 1.165) is 6.42 Å². The lowest BCUT2D eigenvalue weighted by atomic mass is 10.0. The van der Waals surface area contributed by atoms with Gasteiger partial charge in [0, 0.05) is 12.0 Å². The first-order valence-electron chi connectivity index (χ1n) is 4.99. The van der Waals surface area contributed by atoms with Gasteiger partial charge in [-0.25, -0.2) is 0 Å². The van der Waals surface area contributed by atoms with Crippen molar-refractivity contribution in [3.8, 4) is 5.75 Å². The Kier molecular flexibility index (Phi) is 1.19. The highest BCUT2D eigenvalue weighted by atomic mass is 16.5. The number of rotatable bonds is 0. The Morgan fingerprint density at radius 1 is 1.08 bits per heavy atom. The van der Waals surface area contributed by atoms with Crippen LogP contribution in [0.15, 0.2) is 0 Å². The van der Waals surface area contributed by atoms with Crippen LogP contribution in [-0.2, 0) is 12.8 Å². The van der Waals surface area contributed by atoms with Crippen molar-refractivity contribution in [2.75, 3.05) is 0 Å². The van der Waals surface area contributed by atoms with Crippen molar-refractivity contribution in [3.63, 3.8) is 0 Å². The van der Waals surface area contributed by atoms with Crippen molar-refractivity contribution in [1.29, 1.82) is 0 Å². The van der Waals surface area contributed by atoms with Gasteiger partial charge in [0.15, 0.2) is 0 Å². The molecule has 0 bridgehead atoms. The predicted molar refractivity (Wildman–Crippen MR) is 52.5 cm³/mol. The topological polar surface area (TPSA) is 9.23 Å². The molecule has 1 unspecified atom stereocenters. The molecule has 2 aliphatic rings. The monoisotopic (exact) mass is 174 g/mol. The Hall–Kier alpha value is -0.980. The molecule has 1 atom stereocenters. The minimum Gasteiger partial charge on any atom is -0.490 e. The molecule has 3 rings (SSSR count). The van der Waals surface area contributed by atoms with Crippen molar-refractivity contribution < 1.29 is 4.74 Å². The third-order valence-electron chi connectivity index (χ3n) is 3.40. The van der Waals surface area contributed by atoms with Gasteiger partial charge < -0.3 is 4.74 Å². The minimum atomic E-state index is 0.389. The second kappa shape index (κ2) is 2.09. The van der Waals surface area contributed by atoms with Gasteiger partial charge in [-0.15, -0.1) is 0 Å². The second-order valence-electron chi connectivity index (χ2n) is 4.32. The molecule has 0 amide bonds. The van der Waals surface area contributed by atoms with Gasteiger partial charge in [-0.3, -0.25) is 0 Å². The highest BCUT2D eigenvalue weighted by Crippen LogP contribution is 2.46. The molecule has 1 aromatic carbocycles. The molecule has 0 saturated carbocycles. The maximum atomic E-state index is 5.83. The lowest BCUT2D eigenvalue weighted by molar-refractivity contribution is 0.253. The number of benzene rings is 1. The van der Waals surface area contributed by atoms with Gasteiger partial charge >= 0.3 is 0 Å². The van der Waals surface area contributed by atoms with Crippen molar-refractivity contribution in [2.24, 2.45) is 0 Å². The molecule has 1 nitrogen and oxygen atoms in total. The maximum Gasteiger partial charge on any atom is 0.126 e. The summed E-state index contributed by atoms with van der Waals surface area (Å²) in [6.07, 6.45) is 2.73. The summed E-state index contributed by atoms with van der Waals surface area (Å²) in [4.78, 5) is 0. The molecule has 0 spiro atoms. The largest absolute Gasteiger partial charge is 0.490 e. The van der Waals surface area contributed by atoms with Gasteiger partial charge in [-0.05, 0) is 49.4 Å². The molecular formula is C12H14O. The van der Waals surface area contributed by atoms with E-state index in [1.54, 1.807) is 11.1 Å². The summed E-state index contributed by atoms with van der Waals surface area (Å²) < 4.78 is 5.83. The van der Waals surface area contributed by atoms with Crippen LogP contribution in [-0.4, -0.2) is 6.10 Å². The average molecular weight is 174 g/mol. The van der Waals surface area contributed by atoms with Crippen LogP contribution < -0.4 is 4.74 Å². The summed E-state index contributed by atoms with van der Waals surface area (Å²) in [5.41, 5.74) is 7.51. The zero-order valence-corrected chi connectivity index (χ0v) is 8.40. The lowest BCUT2D eigenvalue weighted by Crippen LogP contribution is -2.05. The molecule has 1 aromatic rings. The SMILES string of the molecule is Cc1c(C)c2c(c3c1C3)CC(C)O2. The highest BCUT2D eigenvalue weighted by Gasteiger charge is 2.33. The first-order valence-corrected chi connectivity index (χ1v) is 4.99. The van der Waals surface area contributed by atoms with Crippen LogP contribution in [0.5, 0.6) is 5.75 Å². The molecule has 1 aliphatic carbocycles. The number of fused-ring (bicyclic) bond motifs is 3. The maximum absolute atomic E-state index is 5.83. The van der Waals surface area contributed by atoms with Gasteiger partial charge in [-0.1, -0.05) is 0 Å². The van der Waals surface area contributed by atoms with Gasteiger partial charge in [-0.2, -0.15) is 0 Å². The van der Waals surface area contributed by atoms with Gasteiger partial charge in [0.25, 0.3) is 0 Å². The van der Waals surface area contributed by atoms with Crippen molar-refractivity contribution in [1.82, 2.24) is 0 Å². The average Bonchev–Trinajstić information content (AvgIpc) is 2.80. The Bertz CT molecular complexity index is 404. The van der Waals surface area contributed by atoms with Crippen molar-refractivity contribution in [3.05, 3.63) is 27.8 Å². The van der Waals surface area contributed by atoms with Gasteiger partial charge in [0.05, 0.1) is 0 Å². The van der Waals surface area contributed by atoms with Gasteiger partial charge in [0.2, 0.25) is 0 Å². The van der Waals surface area contributed by atoms with E-state index >= 15 is 0 Å². The molecule has 0 aromatic heterocycles. The van der Waals surface area contributed by atoms with E-state index in [-0.39, 0.29) is 0 Å². The van der Waals surface area contributed by atoms with Crippen LogP contribution in [0.3, 0.4) is 0 Å². The number of ether oxygens (including phenoxy) is 1. The molecular weight excluding hydrogens is 160 g/mol. The summed E-state index contributed by atoms with van der Waals surface area (Å²) in [5.74, 6) is 1.20. The van der Waals surface area contributed by atoms with E-state index in [9.17, 15) is 0 Å². The third-order valence-corrected chi connectivity index (χ3v) is 3.40. The summed E-state index contributed by atoms with van der Waals surface area (Å²) in [6, 6.07) is 0. The molecule has 1 heterocycles. The molecule has 68 valence electrons. The molecule has 1 heteroatoms. The third kappa shape index (κ3) is 0.822. The Morgan fingerprint density at radius 3 is 2.62 bits per heavy atom. The normalized spacial score (nSPS) is 22.2. The van der Waals surface area contributed by atoms with Crippen LogP contribution in [0.2, 0.25) is 0 Å². The quantitative estimate of drug-likeness (QED) is 0.596. The molecule has 0 N–H and O–H groups in total. The smallest absolute Gasteiger partial charge is 0.126 e. The first kappa shape index (κ1) is 7.43. The summed E-state index contributed by atoms with van der Waals surface area (Å²) >= 11 is 0. The molecule has 0 fully saturated rings. The zero-order chi connectivity index (χ0) is 9.16. The molecule has 0 radical (unpaired) electrons. The fraction of sp³-hybridized carbons (Fsp3) is 0.500. The number of hydrogen-bond acceptors (Lipinski definition) is 1. The van der Waals surface area contributed by atoms with E-state index in [1.807, 2.05) is 0 Å². The van der Waals surface area contributed by atoms with E-state index < -0.39 is 0 Å². The molecule has 13 heavy (non-hydrogen) atoms. The van der Waals surface area contributed by atoms with Crippen LogP contribution in [0, 0.1) is 13.8 Å². The second-order valence-corrected chi connectivity index (χ2v) is 4.32. The predicted octanol–water partition coefficient (Wildman–Crippen LogP) is 2.53. The summed E-state index contributed by atoms with van der Waals surface area (Å²) in [5, 5.41) is 0. The fourth-order valence-corrected chi connectivity index (χ4v) is 2.45. The summed E-state index contributed by atoms with van der Waals surface area (Å²) in [6.45, 7) is 6.56. The van der Waals surface area contributed by atoms with Crippen LogP contribution in [0.25, 0.3) is 0 Å². The van der Waals surface area contributed by atoms with Crippen LogP contribution >= 0.6 is 0 Å². The Balaban J connectivity index is 2.27. The Morgan fingerprint density at radius 2 is 1.85 bits per heavy atom. The van der Waals surface area contributed by atoms with Crippen LogP contribution in [0.4, 0.5) is 0 Å². The summed E-state index contributed by atoms with van der Waals surface area (Å²) in [7, 11) is 0. The van der Waals surface area contributed by atoms with Gasteiger partial charge in [0.1, 0.15) is 11.9 Å². The Labute approximate surface area is 78.7 Å². The standard InChI is InChI=1S/C12H14O/c1-6-4-11-10-5-9(10)7(2)8(3)12(11)13-6/h6H,4-5H2,1-3H3. The molecule has 0 saturated heterocycles. The lowest BCUT2D eigenvalue weighted by Gasteiger charge is -2.07.